The maximum atomic E-state index is 10.9. The van der Waals surface area contributed by atoms with Gasteiger partial charge in [-0.2, -0.15) is 0 Å². The molecular weight excluding hydrogens is 270 g/mol. The van der Waals surface area contributed by atoms with E-state index in [0.717, 1.165) is 64.2 Å². The fourth-order valence-electron chi connectivity index (χ4n) is 2.29. The Kier molecular flexibility index (Phi) is 9.61. The van der Waals surface area contributed by atoms with Crippen LogP contribution in [0.25, 0.3) is 0 Å². The Morgan fingerprint density at radius 3 is 2.76 bits per heavy atom. The highest BCUT2D eigenvalue weighted by atomic mass is 16.5. The first-order valence-corrected chi connectivity index (χ1v) is 7.89. The van der Waals surface area contributed by atoms with E-state index in [1.165, 1.54) is 7.11 Å². The Balaban J connectivity index is 1.95. The van der Waals surface area contributed by atoms with E-state index in [1.807, 2.05) is 0 Å². The molecule has 0 aromatic carbocycles. The van der Waals surface area contributed by atoms with Crippen molar-refractivity contribution in [3.8, 4) is 0 Å². The number of rotatable bonds is 9. The number of nitrogens with one attached hydrogen (secondary N) is 2. The van der Waals surface area contributed by atoms with Crippen LogP contribution in [-0.2, 0) is 14.3 Å². The summed E-state index contributed by atoms with van der Waals surface area (Å²) < 4.78 is 10.2. The Labute approximate surface area is 127 Å². The van der Waals surface area contributed by atoms with Crippen LogP contribution in [0.5, 0.6) is 0 Å². The van der Waals surface area contributed by atoms with E-state index < -0.39 is 0 Å². The van der Waals surface area contributed by atoms with E-state index in [9.17, 15) is 4.79 Å². The molecule has 1 atom stereocenters. The molecule has 122 valence electrons. The number of unbranched alkanes of at least 4 members (excludes halogenated alkanes) is 3. The summed E-state index contributed by atoms with van der Waals surface area (Å²) in [6, 6.07) is 0. The van der Waals surface area contributed by atoms with Gasteiger partial charge >= 0.3 is 5.97 Å². The monoisotopic (exact) mass is 299 g/mol. The number of hydrogen-bond donors (Lipinski definition) is 2. The maximum Gasteiger partial charge on any atom is 0.305 e. The van der Waals surface area contributed by atoms with Gasteiger partial charge in [0.15, 0.2) is 5.96 Å². The zero-order valence-corrected chi connectivity index (χ0v) is 13.3. The molecule has 6 nitrogen and oxygen atoms in total. The number of nitrogens with zero attached hydrogens (tertiary/aromatic N) is 1. The van der Waals surface area contributed by atoms with E-state index in [-0.39, 0.29) is 5.97 Å². The molecule has 0 amide bonds. The maximum absolute atomic E-state index is 10.9. The van der Waals surface area contributed by atoms with E-state index >= 15 is 0 Å². The molecular formula is C15H29N3O3. The minimum absolute atomic E-state index is 0.119. The van der Waals surface area contributed by atoms with E-state index in [4.69, 9.17) is 4.74 Å². The minimum Gasteiger partial charge on any atom is -0.469 e. The average molecular weight is 299 g/mol. The normalized spacial score (nSPS) is 18.6. The smallest absolute Gasteiger partial charge is 0.305 e. The third kappa shape index (κ3) is 8.55. The topological polar surface area (TPSA) is 72.0 Å². The Morgan fingerprint density at radius 1 is 1.29 bits per heavy atom. The summed E-state index contributed by atoms with van der Waals surface area (Å²) in [6.45, 7) is 2.59. The molecule has 1 unspecified atom stereocenters. The highest BCUT2D eigenvalue weighted by Crippen LogP contribution is 2.10. The summed E-state index contributed by atoms with van der Waals surface area (Å²) in [4.78, 5) is 15.1. The van der Waals surface area contributed by atoms with Gasteiger partial charge < -0.3 is 20.1 Å². The van der Waals surface area contributed by atoms with E-state index in [2.05, 4.69) is 20.4 Å². The van der Waals surface area contributed by atoms with Crippen LogP contribution in [0.3, 0.4) is 0 Å². The summed E-state index contributed by atoms with van der Waals surface area (Å²) in [5.74, 6) is 0.715. The van der Waals surface area contributed by atoms with Gasteiger partial charge in [-0.25, -0.2) is 0 Å². The van der Waals surface area contributed by atoms with Crippen molar-refractivity contribution in [2.45, 2.75) is 51.0 Å². The molecule has 0 spiro atoms. The van der Waals surface area contributed by atoms with Crippen LogP contribution in [0.4, 0.5) is 0 Å². The predicted molar refractivity (Wildman–Crippen MR) is 83.4 cm³/mol. The van der Waals surface area contributed by atoms with Gasteiger partial charge in [0.05, 0.1) is 13.2 Å². The van der Waals surface area contributed by atoms with Crippen molar-refractivity contribution in [3.05, 3.63) is 0 Å². The largest absolute Gasteiger partial charge is 0.469 e. The van der Waals surface area contributed by atoms with Crippen molar-refractivity contribution in [2.24, 2.45) is 4.99 Å². The van der Waals surface area contributed by atoms with Gasteiger partial charge in [0.2, 0.25) is 0 Å². The van der Waals surface area contributed by atoms with Gasteiger partial charge in [0, 0.05) is 33.2 Å². The molecule has 1 rings (SSSR count). The molecule has 1 aliphatic heterocycles. The quantitative estimate of drug-likeness (QED) is 0.292. The lowest BCUT2D eigenvalue weighted by atomic mass is 10.1. The highest BCUT2D eigenvalue weighted by molar-refractivity contribution is 5.79. The molecule has 1 heterocycles. The van der Waals surface area contributed by atoms with Crippen LogP contribution in [0.2, 0.25) is 0 Å². The average Bonchev–Trinajstić information content (AvgIpc) is 3.02. The molecule has 1 saturated heterocycles. The second-order valence-corrected chi connectivity index (χ2v) is 5.26. The van der Waals surface area contributed by atoms with Gasteiger partial charge in [-0.05, 0) is 25.7 Å². The minimum atomic E-state index is -0.119. The van der Waals surface area contributed by atoms with Gasteiger partial charge in [-0.1, -0.05) is 12.8 Å². The first-order valence-electron chi connectivity index (χ1n) is 7.89. The van der Waals surface area contributed by atoms with Gasteiger partial charge in [-0.3, -0.25) is 9.79 Å². The van der Waals surface area contributed by atoms with Crippen molar-refractivity contribution < 1.29 is 14.3 Å². The number of aliphatic imine (C=N–C) groups is 1. The summed E-state index contributed by atoms with van der Waals surface area (Å²) in [5, 5.41) is 6.58. The van der Waals surface area contributed by atoms with E-state index in [1.54, 1.807) is 7.05 Å². The third-order valence-corrected chi connectivity index (χ3v) is 3.57. The Hall–Kier alpha value is -1.30. The molecule has 6 heteroatoms. The summed E-state index contributed by atoms with van der Waals surface area (Å²) in [5.41, 5.74) is 0. The zero-order chi connectivity index (χ0) is 15.3. The lowest BCUT2D eigenvalue weighted by Crippen LogP contribution is -2.41. The highest BCUT2D eigenvalue weighted by Gasteiger charge is 2.15. The molecule has 1 fully saturated rings. The lowest BCUT2D eigenvalue weighted by molar-refractivity contribution is -0.140. The zero-order valence-electron chi connectivity index (χ0n) is 13.3. The molecule has 1 aliphatic rings. The standard InChI is InChI=1S/C15H29N3O3/c1-16-15(18-12-13-8-7-11-21-13)17-10-6-4-3-5-9-14(19)20-2/h13H,3-12H2,1-2H3,(H2,16,17,18). The molecule has 0 aliphatic carbocycles. The molecule has 0 saturated carbocycles. The first kappa shape index (κ1) is 17.8. The predicted octanol–water partition coefficient (Wildman–Crippen LogP) is 1.45. The molecule has 0 radical (unpaired) electrons. The number of esters is 1. The van der Waals surface area contributed by atoms with Crippen LogP contribution in [0, 0.1) is 0 Å². The molecule has 2 N–H and O–H groups in total. The summed E-state index contributed by atoms with van der Waals surface area (Å²) in [7, 11) is 3.21. The first-order chi connectivity index (χ1) is 10.3. The SMILES string of the molecule is CN=C(NCCCCCCC(=O)OC)NCC1CCCO1. The molecule has 0 aromatic heterocycles. The van der Waals surface area contributed by atoms with Crippen molar-refractivity contribution in [3.63, 3.8) is 0 Å². The van der Waals surface area contributed by atoms with Gasteiger partial charge in [-0.15, -0.1) is 0 Å². The number of carbonyl (C=O) groups is 1. The second kappa shape index (κ2) is 11.4. The van der Waals surface area contributed by atoms with Crippen molar-refractivity contribution in [1.82, 2.24) is 10.6 Å². The number of hydrogen-bond acceptors (Lipinski definition) is 4. The number of guanidine groups is 1. The van der Waals surface area contributed by atoms with Crippen LogP contribution in [0.15, 0.2) is 4.99 Å². The van der Waals surface area contributed by atoms with Gasteiger partial charge in [0.1, 0.15) is 0 Å². The van der Waals surface area contributed by atoms with Crippen LogP contribution in [0.1, 0.15) is 44.9 Å². The fourth-order valence-corrected chi connectivity index (χ4v) is 2.29. The summed E-state index contributed by atoms with van der Waals surface area (Å²) >= 11 is 0. The third-order valence-electron chi connectivity index (χ3n) is 3.57. The molecule has 21 heavy (non-hydrogen) atoms. The fraction of sp³-hybridized carbons (Fsp3) is 0.867. The number of carbonyl (C=O) groups excluding carboxylic acids is 1. The Bertz CT molecular complexity index is 315. The van der Waals surface area contributed by atoms with Crippen LogP contribution < -0.4 is 10.6 Å². The van der Waals surface area contributed by atoms with Crippen LogP contribution in [-0.4, -0.2) is 51.9 Å². The second-order valence-electron chi connectivity index (χ2n) is 5.26. The number of ether oxygens (including phenoxy) is 2. The van der Waals surface area contributed by atoms with Crippen molar-refractivity contribution in [2.75, 3.05) is 33.9 Å². The summed E-state index contributed by atoms with van der Waals surface area (Å²) in [6.07, 6.45) is 7.26. The number of methoxy groups -OCH3 is 1. The van der Waals surface area contributed by atoms with Crippen LogP contribution >= 0.6 is 0 Å². The Morgan fingerprint density at radius 2 is 2.10 bits per heavy atom. The molecule has 0 bridgehead atoms. The van der Waals surface area contributed by atoms with Crippen molar-refractivity contribution in [1.29, 1.82) is 0 Å². The molecule has 0 aromatic rings. The van der Waals surface area contributed by atoms with E-state index in [0.29, 0.717) is 12.5 Å². The van der Waals surface area contributed by atoms with Gasteiger partial charge in [0.25, 0.3) is 0 Å². The lowest BCUT2D eigenvalue weighted by Gasteiger charge is -2.14. The van der Waals surface area contributed by atoms with Crippen molar-refractivity contribution >= 4 is 11.9 Å².